The Kier molecular flexibility index (Phi) is 2.15. The molecule has 0 aliphatic carbocycles. The van der Waals surface area contributed by atoms with Gasteiger partial charge in [-0.15, -0.1) is 0 Å². The monoisotopic (exact) mass is 173 g/mol. The van der Waals surface area contributed by atoms with Crippen LogP contribution in [0, 0.1) is 15.9 Å². The smallest absolute Gasteiger partial charge is 0.289 e. The molecule has 0 bridgehead atoms. The quantitative estimate of drug-likeness (QED) is 0.513. The first-order chi connectivity index (χ1) is 5.65. The number of hydrogen-bond acceptors (Lipinski definition) is 5. The Bertz CT molecular complexity index is 317. The molecule has 1 heterocycles. The van der Waals surface area contributed by atoms with Gasteiger partial charge in [-0.3, -0.25) is 15.3 Å². The van der Waals surface area contributed by atoms with E-state index in [2.05, 4.69) is 4.98 Å². The SMILES string of the molecule is O=[N+]([O-])c1cc(F)cnc1NO. The van der Waals surface area contributed by atoms with E-state index in [9.17, 15) is 14.5 Å². The summed E-state index contributed by atoms with van der Waals surface area (Å²) >= 11 is 0. The minimum Gasteiger partial charge on any atom is -0.289 e. The Hall–Kier alpha value is -1.76. The van der Waals surface area contributed by atoms with Gasteiger partial charge in [0.25, 0.3) is 0 Å². The van der Waals surface area contributed by atoms with Gasteiger partial charge in [0.15, 0.2) is 0 Å². The third-order valence-electron chi connectivity index (χ3n) is 1.14. The van der Waals surface area contributed by atoms with E-state index in [4.69, 9.17) is 5.21 Å². The highest BCUT2D eigenvalue weighted by Gasteiger charge is 2.15. The first-order valence-corrected chi connectivity index (χ1v) is 2.85. The van der Waals surface area contributed by atoms with Gasteiger partial charge in [0.05, 0.1) is 17.2 Å². The lowest BCUT2D eigenvalue weighted by Crippen LogP contribution is -2.00. The molecular formula is C5H4FN3O3. The lowest BCUT2D eigenvalue weighted by molar-refractivity contribution is -0.384. The summed E-state index contributed by atoms with van der Waals surface area (Å²) in [6, 6.07) is 0.658. The van der Waals surface area contributed by atoms with Crippen LogP contribution in [0.2, 0.25) is 0 Å². The fourth-order valence-electron chi connectivity index (χ4n) is 0.654. The molecule has 1 rings (SSSR count). The summed E-state index contributed by atoms with van der Waals surface area (Å²) in [7, 11) is 0. The van der Waals surface area contributed by atoms with Crippen molar-refractivity contribution < 1.29 is 14.5 Å². The van der Waals surface area contributed by atoms with Crippen LogP contribution in [0.25, 0.3) is 0 Å². The molecule has 0 spiro atoms. The normalized spacial score (nSPS) is 9.50. The summed E-state index contributed by atoms with van der Waals surface area (Å²) in [5.74, 6) is -1.22. The van der Waals surface area contributed by atoms with Crippen LogP contribution in [0.1, 0.15) is 0 Å². The number of nitrogens with one attached hydrogen (secondary N) is 1. The fraction of sp³-hybridized carbons (Fsp3) is 0. The van der Waals surface area contributed by atoms with Crippen LogP contribution < -0.4 is 5.48 Å². The number of rotatable bonds is 2. The van der Waals surface area contributed by atoms with Gasteiger partial charge in [0.2, 0.25) is 5.82 Å². The molecule has 1 aromatic heterocycles. The van der Waals surface area contributed by atoms with Crippen molar-refractivity contribution in [2.75, 3.05) is 5.48 Å². The lowest BCUT2D eigenvalue weighted by Gasteiger charge is -1.97. The van der Waals surface area contributed by atoms with Crippen molar-refractivity contribution in [3.05, 3.63) is 28.2 Å². The van der Waals surface area contributed by atoms with Crippen molar-refractivity contribution in [3.63, 3.8) is 0 Å². The van der Waals surface area contributed by atoms with E-state index in [0.717, 1.165) is 6.20 Å². The highest BCUT2D eigenvalue weighted by molar-refractivity contribution is 5.53. The minimum atomic E-state index is -0.853. The molecule has 0 radical (unpaired) electrons. The molecule has 0 saturated carbocycles. The maximum Gasteiger partial charge on any atom is 0.316 e. The molecule has 1 aromatic rings. The summed E-state index contributed by atoms with van der Waals surface area (Å²) in [6.45, 7) is 0. The second kappa shape index (κ2) is 3.09. The number of halogens is 1. The van der Waals surface area contributed by atoms with Gasteiger partial charge < -0.3 is 0 Å². The zero-order valence-electron chi connectivity index (χ0n) is 5.69. The number of hydrogen-bond donors (Lipinski definition) is 2. The van der Waals surface area contributed by atoms with E-state index in [1.165, 1.54) is 5.48 Å². The average Bonchev–Trinajstić information content (AvgIpc) is 2.04. The number of nitrogens with zero attached hydrogens (tertiary/aromatic N) is 2. The van der Waals surface area contributed by atoms with Crippen LogP contribution in [-0.4, -0.2) is 15.1 Å². The number of aromatic nitrogens is 1. The molecule has 0 atom stereocenters. The second-order valence-corrected chi connectivity index (χ2v) is 1.89. The van der Waals surface area contributed by atoms with Crippen LogP contribution in [0.4, 0.5) is 15.9 Å². The van der Waals surface area contributed by atoms with Gasteiger partial charge in [-0.1, -0.05) is 0 Å². The largest absolute Gasteiger partial charge is 0.316 e. The summed E-state index contributed by atoms with van der Waals surface area (Å²) in [6.07, 6.45) is 0.756. The molecule has 0 aromatic carbocycles. The number of anilines is 1. The van der Waals surface area contributed by atoms with Crippen molar-refractivity contribution in [2.24, 2.45) is 0 Å². The predicted octanol–water partition coefficient (Wildman–Crippen LogP) is 0.930. The van der Waals surface area contributed by atoms with Crippen LogP contribution >= 0.6 is 0 Å². The van der Waals surface area contributed by atoms with E-state index >= 15 is 0 Å². The predicted molar refractivity (Wildman–Crippen MR) is 36.3 cm³/mol. The molecule has 0 aliphatic heterocycles. The van der Waals surface area contributed by atoms with Gasteiger partial charge in [-0.25, -0.2) is 14.9 Å². The van der Waals surface area contributed by atoms with E-state index in [1.54, 1.807) is 0 Å². The molecule has 0 saturated heterocycles. The van der Waals surface area contributed by atoms with Gasteiger partial charge >= 0.3 is 5.69 Å². The van der Waals surface area contributed by atoms with Crippen LogP contribution in [-0.2, 0) is 0 Å². The number of pyridine rings is 1. The third-order valence-corrected chi connectivity index (χ3v) is 1.14. The second-order valence-electron chi connectivity index (χ2n) is 1.89. The summed E-state index contributed by atoms with van der Waals surface area (Å²) in [5.41, 5.74) is 0.871. The fourth-order valence-corrected chi connectivity index (χ4v) is 0.654. The Labute approximate surface area is 65.8 Å². The molecule has 6 nitrogen and oxygen atoms in total. The van der Waals surface area contributed by atoms with Gasteiger partial charge in [-0.2, -0.15) is 0 Å². The maximum absolute atomic E-state index is 12.4. The van der Waals surface area contributed by atoms with Crippen molar-refractivity contribution in [2.45, 2.75) is 0 Å². The zero-order chi connectivity index (χ0) is 9.14. The Morgan fingerprint density at radius 2 is 2.42 bits per heavy atom. The highest BCUT2D eigenvalue weighted by atomic mass is 19.1. The molecule has 0 fully saturated rings. The molecular weight excluding hydrogens is 169 g/mol. The van der Waals surface area contributed by atoms with Crippen molar-refractivity contribution in [3.8, 4) is 0 Å². The summed E-state index contributed by atoms with van der Waals surface area (Å²) in [4.78, 5) is 12.6. The molecule has 12 heavy (non-hydrogen) atoms. The zero-order valence-corrected chi connectivity index (χ0v) is 5.69. The molecule has 0 unspecified atom stereocenters. The van der Waals surface area contributed by atoms with Crippen molar-refractivity contribution in [1.82, 2.24) is 4.98 Å². The molecule has 64 valence electrons. The highest BCUT2D eigenvalue weighted by Crippen LogP contribution is 2.20. The number of nitro groups is 1. The first kappa shape index (κ1) is 8.34. The molecule has 0 aliphatic rings. The molecule has 2 N–H and O–H groups in total. The molecule has 7 heteroatoms. The van der Waals surface area contributed by atoms with E-state index in [0.29, 0.717) is 6.07 Å². The standard InChI is InChI=1S/C5H4FN3O3/c6-3-1-4(9(11)12)5(8-10)7-2-3/h1-2,10H,(H,7,8). The maximum atomic E-state index is 12.4. The Morgan fingerprint density at radius 1 is 1.75 bits per heavy atom. The van der Waals surface area contributed by atoms with E-state index < -0.39 is 16.4 Å². The van der Waals surface area contributed by atoms with Crippen LogP contribution in [0.3, 0.4) is 0 Å². The van der Waals surface area contributed by atoms with Gasteiger partial charge in [-0.05, 0) is 0 Å². The van der Waals surface area contributed by atoms with E-state index in [1.807, 2.05) is 0 Å². The summed E-state index contributed by atoms with van der Waals surface area (Å²) in [5, 5.41) is 18.5. The van der Waals surface area contributed by atoms with Gasteiger partial charge in [0.1, 0.15) is 5.82 Å². The first-order valence-electron chi connectivity index (χ1n) is 2.85. The van der Waals surface area contributed by atoms with Gasteiger partial charge in [0, 0.05) is 0 Å². The average molecular weight is 173 g/mol. The van der Waals surface area contributed by atoms with E-state index in [-0.39, 0.29) is 5.82 Å². The van der Waals surface area contributed by atoms with Crippen LogP contribution in [0.15, 0.2) is 12.3 Å². The minimum absolute atomic E-state index is 0.388. The lowest BCUT2D eigenvalue weighted by atomic mass is 10.4. The van der Waals surface area contributed by atoms with Crippen molar-refractivity contribution in [1.29, 1.82) is 0 Å². The molecule has 0 amide bonds. The summed E-state index contributed by atoms with van der Waals surface area (Å²) < 4.78 is 12.4. The Morgan fingerprint density at radius 3 is 2.92 bits per heavy atom. The third kappa shape index (κ3) is 1.45. The van der Waals surface area contributed by atoms with Crippen LogP contribution in [0.5, 0.6) is 0 Å². The topological polar surface area (TPSA) is 88.3 Å². The van der Waals surface area contributed by atoms with Crippen molar-refractivity contribution >= 4 is 11.5 Å². The Balaban J connectivity index is 3.21.